The standard InChI is InChI=1S/C12H13F2NO3/c1-18-11-8(13)3-2-7(10(11)14)9-4-6(5-15-9)12(16)17/h2-3,6,9,15H,4-5H2,1H3,(H,16,17). The highest BCUT2D eigenvalue weighted by Crippen LogP contribution is 2.33. The molecule has 1 aromatic carbocycles. The molecular formula is C12H13F2NO3. The number of hydrogen-bond donors (Lipinski definition) is 2. The number of ether oxygens (including phenoxy) is 1. The van der Waals surface area contributed by atoms with Crippen LogP contribution in [-0.2, 0) is 4.79 Å². The summed E-state index contributed by atoms with van der Waals surface area (Å²) >= 11 is 0. The van der Waals surface area contributed by atoms with Crippen molar-refractivity contribution >= 4 is 5.97 Å². The van der Waals surface area contributed by atoms with Crippen molar-refractivity contribution in [3.8, 4) is 5.75 Å². The first-order chi connectivity index (χ1) is 8.54. The zero-order valence-corrected chi connectivity index (χ0v) is 9.74. The van der Waals surface area contributed by atoms with Gasteiger partial charge in [0.1, 0.15) is 0 Å². The molecule has 0 aliphatic carbocycles. The maximum absolute atomic E-state index is 14.0. The zero-order valence-electron chi connectivity index (χ0n) is 9.74. The molecule has 0 bridgehead atoms. The van der Waals surface area contributed by atoms with E-state index in [2.05, 4.69) is 10.1 Å². The summed E-state index contributed by atoms with van der Waals surface area (Å²) < 4.78 is 31.9. The van der Waals surface area contributed by atoms with Crippen LogP contribution in [0.4, 0.5) is 8.78 Å². The van der Waals surface area contributed by atoms with Crippen LogP contribution in [0.1, 0.15) is 18.0 Å². The zero-order chi connectivity index (χ0) is 13.3. The Kier molecular flexibility index (Phi) is 3.47. The van der Waals surface area contributed by atoms with Crippen molar-refractivity contribution in [3.63, 3.8) is 0 Å². The third-order valence-electron chi connectivity index (χ3n) is 3.14. The quantitative estimate of drug-likeness (QED) is 0.865. The lowest BCUT2D eigenvalue weighted by Crippen LogP contribution is -2.17. The van der Waals surface area contributed by atoms with Gasteiger partial charge in [0, 0.05) is 18.2 Å². The SMILES string of the molecule is COc1c(F)ccc(C2CC(C(=O)O)CN2)c1F. The summed E-state index contributed by atoms with van der Waals surface area (Å²) in [6.45, 7) is 0.277. The molecule has 1 aliphatic rings. The number of halogens is 2. The lowest BCUT2D eigenvalue weighted by atomic mass is 9.99. The number of carbonyl (C=O) groups is 1. The van der Waals surface area contributed by atoms with Crippen LogP contribution >= 0.6 is 0 Å². The maximum Gasteiger partial charge on any atom is 0.307 e. The van der Waals surface area contributed by atoms with Gasteiger partial charge in [0.25, 0.3) is 0 Å². The van der Waals surface area contributed by atoms with E-state index in [1.165, 1.54) is 13.2 Å². The number of rotatable bonds is 3. The fourth-order valence-electron chi connectivity index (χ4n) is 2.16. The number of methoxy groups -OCH3 is 1. The lowest BCUT2D eigenvalue weighted by molar-refractivity contribution is -0.141. The van der Waals surface area contributed by atoms with Gasteiger partial charge in [-0.1, -0.05) is 6.07 Å². The van der Waals surface area contributed by atoms with Crippen LogP contribution in [0.5, 0.6) is 5.75 Å². The van der Waals surface area contributed by atoms with E-state index < -0.39 is 35.3 Å². The number of nitrogens with one attached hydrogen (secondary N) is 1. The van der Waals surface area contributed by atoms with Crippen molar-refractivity contribution in [1.82, 2.24) is 5.32 Å². The lowest BCUT2D eigenvalue weighted by Gasteiger charge is -2.14. The van der Waals surface area contributed by atoms with Gasteiger partial charge in [-0.05, 0) is 12.5 Å². The Morgan fingerprint density at radius 1 is 1.50 bits per heavy atom. The van der Waals surface area contributed by atoms with Gasteiger partial charge in [-0.2, -0.15) is 0 Å². The molecule has 1 aromatic rings. The van der Waals surface area contributed by atoms with Crippen LogP contribution in [0, 0.1) is 17.6 Å². The van der Waals surface area contributed by atoms with Crippen LogP contribution in [0.25, 0.3) is 0 Å². The molecule has 2 rings (SSSR count). The molecule has 1 saturated heterocycles. The third kappa shape index (κ3) is 2.15. The second-order valence-electron chi connectivity index (χ2n) is 4.22. The largest absolute Gasteiger partial charge is 0.491 e. The van der Waals surface area contributed by atoms with Crippen molar-refractivity contribution in [2.75, 3.05) is 13.7 Å². The Bertz CT molecular complexity index is 479. The molecule has 2 unspecified atom stereocenters. The van der Waals surface area contributed by atoms with Crippen LogP contribution < -0.4 is 10.1 Å². The molecule has 2 atom stereocenters. The Morgan fingerprint density at radius 3 is 2.78 bits per heavy atom. The molecule has 2 N–H and O–H groups in total. The maximum atomic E-state index is 14.0. The Labute approximate surface area is 103 Å². The fourth-order valence-corrected chi connectivity index (χ4v) is 2.16. The summed E-state index contributed by atoms with van der Waals surface area (Å²) in [5.41, 5.74) is 0.233. The van der Waals surface area contributed by atoms with Crippen molar-refractivity contribution in [2.24, 2.45) is 5.92 Å². The molecular weight excluding hydrogens is 244 g/mol. The summed E-state index contributed by atoms with van der Waals surface area (Å²) in [6.07, 6.45) is 0.279. The van der Waals surface area contributed by atoms with E-state index >= 15 is 0 Å². The monoisotopic (exact) mass is 257 g/mol. The second kappa shape index (κ2) is 4.89. The minimum Gasteiger partial charge on any atom is -0.491 e. The molecule has 0 saturated carbocycles. The predicted octanol–water partition coefficient (Wildman–Crippen LogP) is 1.71. The minimum absolute atomic E-state index is 0.233. The van der Waals surface area contributed by atoms with Gasteiger partial charge in [-0.15, -0.1) is 0 Å². The van der Waals surface area contributed by atoms with E-state index in [9.17, 15) is 13.6 Å². The van der Waals surface area contributed by atoms with Gasteiger partial charge in [0.2, 0.25) is 0 Å². The predicted molar refractivity (Wildman–Crippen MR) is 59.4 cm³/mol. The number of benzene rings is 1. The van der Waals surface area contributed by atoms with Gasteiger partial charge in [0.15, 0.2) is 17.4 Å². The number of hydrogen-bond acceptors (Lipinski definition) is 3. The molecule has 0 spiro atoms. The number of aliphatic carboxylic acids is 1. The molecule has 18 heavy (non-hydrogen) atoms. The van der Waals surface area contributed by atoms with Gasteiger partial charge in [0.05, 0.1) is 13.0 Å². The van der Waals surface area contributed by atoms with Crippen molar-refractivity contribution in [2.45, 2.75) is 12.5 Å². The van der Waals surface area contributed by atoms with E-state index in [1.807, 2.05) is 0 Å². The molecule has 1 fully saturated rings. The van der Waals surface area contributed by atoms with Gasteiger partial charge in [-0.3, -0.25) is 4.79 Å². The molecule has 0 amide bonds. The number of carboxylic acid groups (broad SMARTS) is 1. The van der Waals surface area contributed by atoms with Gasteiger partial charge < -0.3 is 15.2 Å². The van der Waals surface area contributed by atoms with E-state index in [0.717, 1.165) is 6.07 Å². The molecule has 0 radical (unpaired) electrons. The molecule has 1 aliphatic heterocycles. The van der Waals surface area contributed by atoms with Crippen LogP contribution in [0.15, 0.2) is 12.1 Å². The van der Waals surface area contributed by atoms with Crippen LogP contribution in [-0.4, -0.2) is 24.7 Å². The van der Waals surface area contributed by atoms with Crippen LogP contribution in [0.2, 0.25) is 0 Å². The average molecular weight is 257 g/mol. The molecule has 1 heterocycles. The van der Waals surface area contributed by atoms with Crippen molar-refractivity contribution in [3.05, 3.63) is 29.3 Å². The molecule has 98 valence electrons. The summed E-state index contributed by atoms with van der Waals surface area (Å²) in [5.74, 6) is -3.45. The first-order valence-electron chi connectivity index (χ1n) is 5.52. The second-order valence-corrected chi connectivity index (χ2v) is 4.22. The van der Waals surface area contributed by atoms with Crippen molar-refractivity contribution < 1.29 is 23.4 Å². The Hall–Kier alpha value is -1.69. The highest BCUT2D eigenvalue weighted by atomic mass is 19.1. The third-order valence-corrected chi connectivity index (χ3v) is 3.14. The first-order valence-corrected chi connectivity index (χ1v) is 5.52. The Morgan fingerprint density at radius 2 is 2.22 bits per heavy atom. The highest BCUT2D eigenvalue weighted by molar-refractivity contribution is 5.70. The first kappa shape index (κ1) is 12.8. The summed E-state index contributed by atoms with van der Waals surface area (Å²) in [6, 6.07) is 2.00. The van der Waals surface area contributed by atoms with Crippen LogP contribution in [0.3, 0.4) is 0 Å². The van der Waals surface area contributed by atoms with E-state index in [1.54, 1.807) is 0 Å². The smallest absolute Gasteiger partial charge is 0.307 e. The highest BCUT2D eigenvalue weighted by Gasteiger charge is 2.32. The van der Waals surface area contributed by atoms with Gasteiger partial charge >= 0.3 is 5.97 Å². The Balaban J connectivity index is 2.28. The van der Waals surface area contributed by atoms with E-state index in [0.29, 0.717) is 0 Å². The van der Waals surface area contributed by atoms with Gasteiger partial charge in [-0.25, -0.2) is 8.78 Å². The van der Waals surface area contributed by atoms with Crippen molar-refractivity contribution in [1.29, 1.82) is 0 Å². The fraction of sp³-hybridized carbons (Fsp3) is 0.417. The summed E-state index contributed by atoms with van der Waals surface area (Å²) in [7, 11) is 1.19. The number of carboxylic acids is 1. The van der Waals surface area contributed by atoms with E-state index in [-0.39, 0.29) is 18.5 Å². The molecule has 4 nitrogen and oxygen atoms in total. The summed E-state index contributed by atoms with van der Waals surface area (Å²) in [5, 5.41) is 11.8. The topological polar surface area (TPSA) is 58.6 Å². The summed E-state index contributed by atoms with van der Waals surface area (Å²) in [4.78, 5) is 10.8. The van der Waals surface area contributed by atoms with E-state index in [4.69, 9.17) is 5.11 Å². The molecule has 6 heteroatoms. The minimum atomic E-state index is -0.917. The average Bonchev–Trinajstić information content (AvgIpc) is 2.79. The normalized spacial score (nSPS) is 23.1. The molecule has 0 aromatic heterocycles.